The van der Waals surface area contributed by atoms with Crippen LogP contribution in [0.1, 0.15) is 0 Å². The molecule has 0 spiro atoms. The van der Waals surface area contributed by atoms with E-state index in [9.17, 15) is 13.2 Å². The van der Waals surface area contributed by atoms with Gasteiger partial charge in [0.2, 0.25) is 5.88 Å². The highest BCUT2D eigenvalue weighted by Gasteiger charge is 2.33. The van der Waals surface area contributed by atoms with Gasteiger partial charge in [-0.3, -0.25) is 0 Å². The molecule has 0 saturated carbocycles. The molecule has 1 rings (SSSR count). The number of ether oxygens (including phenoxy) is 1. The minimum absolute atomic E-state index is 0.0125. The molecule has 1 aromatic rings. The third kappa shape index (κ3) is 2.66. The Labute approximate surface area is 85.2 Å². The van der Waals surface area contributed by atoms with Crippen molar-refractivity contribution in [3.05, 3.63) is 10.5 Å². The van der Waals surface area contributed by atoms with Crippen LogP contribution in [0.2, 0.25) is 0 Å². The highest BCUT2D eigenvalue weighted by molar-refractivity contribution is 9.10. The Morgan fingerprint density at radius 1 is 1.36 bits per heavy atom. The van der Waals surface area contributed by atoms with E-state index in [1.807, 2.05) is 0 Å². The summed E-state index contributed by atoms with van der Waals surface area (Å²) >= 11 is 2.81. The molecule has 0 unspecified atom stereocenters. The number of aromatic nitrogens is 1. The Hall–Kier alpha value is -1.18. The van der Waals surface area contributed by atoms with Crippen LogP contribution in [0.5, 0.6) is 5.88 Å². The molecular formula is C6H5BrF3N3O. The zero-order chi connectivity index (χ0) is 10.9. The molecule has 4 N–H and O–H groups in total. The maximum absolute atomic E-state index is 11.8. The van der Waals surface area contributed by atoms with Crippen LogP contribution in [0.25, 0.3) is 0 Å². The molecule has 0 bridgehead atoms. The number of hydrogen-bond donors (Lipinski definition) is 2. The quantitative estimate of drug-likeness (QED) is 0.818. The molecule has 8 heteroatoms. The highest BCUT2D eigenvalue weighted by atomic mass is 79.9. The molecule has 0 fully saturated rings. The second-order valence-corrected chi connectivity index (χ2v) is 3.15. The number of anilines is 2. The minimum Gasteiger partial charge on any atom is -0.396 e. The first kappa shape index (κ1) is 10.9. The van der Waals surface area contributed by atoms with Crippen molar-refractivity contribution in [2.24, 2.45) is 0 Å². The summed E-state index contributed by atoms with van der Waals surface area (Å²) in [5.74, 6) is -0.878. The van der Waals surface area contributed by atoms with Crippen LogP contribution in [0.15, 0.2) is 10.5 Å². The molecule has 4 nitrogen and oxygen atoms in total. The van der Waals surface area contributed by atoms with E-state index in [0.717, 1.165) is 0 Å². The van der Waals surface area contributed by atoms with E-state index in [-0.39, 0.29) is 16.0 Å². The number of nitrogens with two attached hydrogens (primary N) is 2. The summed E-state index contributed by atoms with van der Waals surface area (Å²) in [5.41, 5.74) is 10.6. The summed E-state index contributed by atoms with van der Waals surface area (Å²) in [5, 5.41) is 0. The third-order valence-corrected chi connectivity index (χ3v) is 1.78. The fraction of sp³-hybridized carbons (Fsp3) is 0.167. The Morgan fingerprint density at radius 3 is 2.43 bits per heavy atom. The molecule has 0 aliphatic heterocycles. The summed E-state index contributed by atoms with van der Waals surface area (Å²) in [4.78, 5) is 3.32. The Balaban J connectivity index is 3.04. The first-order valence-corrected chi connectivity index (χ1v) is 4.06. The number of rotatable bonds is 1. The highest BCUT2D eigenvalue weighted by Crippen LogP contribution is 2.31. The summed E-state index contributed by atoms with van der Waals surface area (Å²) in [6.45, 7) is 0. The van der Waals surface area contributed by atoms with Gasteiger partial charge in [-0.1, -0.05) is 0 Å². The second-order valence-electron chi connectivity index (χ2n) is 2.30. The van der Waals surface area contributed by atoms with E-state index in [1.165, 1.54) is 6.07 Å². The van der Waals surface area contributed by atoms with Crippen LogP contribution in [0, 0.1) is 0 Å². The van der Waals surface area contributed by atoms with Gasteiger partial charge < -0.3 is 16.2 Å². The standard InChI is InChI=1S/C6H5BrF3N3O/c7-2-1-3(11)4(12)13-5(2)14-6(8,9)10/h1H,11H2,(H2,12,13). The molecule has 0 amide bonds. The van der Waals surface area contributed by atoms with Gasteiger partial charge in [-0.25, -0.2) is 0 Å². The zero-order valence-corrected chi connectivity index (χ0v) is 8.19. The van der Waals surface area contributed by atoms with Crippen molar-refractivity contribution in [3.63, 3.8) is 0 Å². The van der Waals surface area contributed by atoms with Crippen molar-refractivity contribution < 1.29 is 17.9 Å². The molecule has 0 atom stereocenters. The van der Waals surface area contributed by atoms with Crippen molar-refractivity contribution in [1.29, 1.82) is 0 Å². The van der Waals surface area contributed by atoms with E-state index >= 15 is 0 Å². The lowest BCUT2D eigenvalue weighted by atomic mass is 10.4. The van der Waals surface area contributed by atoms with Crippen molar-refractivity contribution in [3.8, 4) is 5.88 Å². The smallest absolute Gasteiger partial charge is 0.396 e. The van der Waals surface area contributed by atoms with Crippen LogP contribution in [0.3, 0.4) is 0 Å². The molecule has 14 heavy (non-hydrogen) atoms. The van der Waals surface area contributed by atoms with E-state index < -0.39 is 12.2 Å². The number of pyridine rings is 1. The van der Waals surface area contributed by atoms with Gasteiger partial charge in [0.25, 0.3) is 0 Å². The Bertz CT molecular complexity index is 355. The SMILES string of the molecule is Nc1cc(Br)c(OC(F)(F)F)nc1N. The number of nitrogen functional groups attached to an aromatic ring is 2. The lowest BCUT2D eigenvalue weighted by Gasteiger charge is -2.10. The molecule has 78 valence electrons. The van der Waals surface area contributed by atoms with Crippen molar-refractivity contribution in [2.75, 3.05) is 11.5 Å². The predicted octanol–water partition coefficient (Wildman–Crippen LogP) is 1.91. The van der Waals surface area contributed by atoms with Gasteiger partial charge >= 0.3 is 6.36 Å². The lowest BCUT2D eigenvalue weighted by molar-refractivity contribution is -0.276. The maximum atomic E-state index is 11.8. The van der Waals surface area contributed by atoms with Crippen molar-refractivity contribution in [2.45, 2.75) is 6.36 Å². The number of nitrogens with zero attached hydrogens (tertiary/aromatic N) is 1. The van der Waals surface area contributed by atoms with Gasteiger partial charge in [0, 0.05) is 0 Å². The van der Waals surface area contributed by atoms with E-state index in [2.05, 4.69) is 25.7 Å². The van der Waals surface area contributed by atoms with Crippen LogP contribution >= 0.6 is 15.9 Å². The number of hydrogen-bond acceptors (Lipinski definition) is 4. The van der Waals surface area contributed by atoms with Crippen LogP contribution in [-0.2, 0) is 0 Å². The van der Waals surface area contributed by atoms with E-state index in [1.54, 1.807) is 0 Å². The Kier molecular flexibility index (Phi) is 2.74. The number of alkyl halides is 3. The molecule has 0 radical (unpaired) electrons. The fourth-order valence-electron chi connectivity index (χ4n) is 0.681. The van der Waals surface area contributed by atoms with Gasteiger partial charge in [-0.05, 0) is 22.0 Å². The van der Waals surface area contributed by atoms with Crippen LogP contribution < -0.4 is 16.2 Å². The van der Waals surface area contributed by atoms with Crippen molar-refractivity contribution >= 4 is 27.4 Å². The molecule has 0 aliphatic rings. The first-order valence-electron chi connectivity index (χ1n) is 3.27. The third-order valence-electron chi connectivity index (χ3n) is 1.22. The van der Waals surface area contributed by atoms with Gasteiger partial charge in [-0.15, -0.1) is 13.2 Å². The summed E-state index contributed by atoms with van der Waals surface area (Å²) in [6.07, 6.45) is -4.81. The zero-order valence-electron chi connectivity index (χ0n) is 6.60. The summed E-state index contributed by atoms with van der Waals surface area (Å²) in [6, 6.07) is 1.18. The fourth-order valence-corrected chi connectivity index (χ4v) is 1.10. The van der Waals surface area contributed by atoms with Crippen molar-refractivity contribution in [1.82, 2.24) is 4.98 Å². The van der Waals surface area contributed by atoms with Crippen LogP contribution in [-0.4, -0.2) is 11.3 Å². The van der Waals surface area contributed by atoms with E-state index in [0.29, 0.717) is 0 Å². The molecule has 0 saturated heterocycles. The molecule has 0 aromatic carbocycles. The molecule has 1 heterocycles. The monoisotopic (exact) mass is 271 g/mol. The van der Waals surface area contributed by atoms with Gasteiger partial charge in [0.15, 0.2) is 5.82 Å². The van der Waals surface area contributed by atoms with Gasteiger partial charge in [0.1, 0.15) is 0 Å². The number of halogens is 4. The van der Waals surface area contributed by atoms with E-state index in [4.69, 9.17) is 11.5 Å². The molecule has 1 aromatic heterocycles. The average molecular weight is 272 g/mol. The molecular weight excluding hydrogens is 267 g/mol. The van der Waals surface area contributed by atoms with Crippen LogP contribution in [0.4, 0.5) is 24.7 Å². The average Bonchev–Trinajstić information content (AvgIpc) is 1.97. The maximum Gasteiger partial charge on any atom is 0.574 e. The molecule has 0 aliphatic carbocycles. The summed E-state index contributed by atoms with van der Waals surface area (Å²) < 4.78 is 39.0. The predicted molar refractivity (Wildman–Crippen MR) is 47.4 cm³/mol. The first-order chi connectivity index (χ1) is 6.29. The van der Waals surface area contributed by atoms with Gasteiger partial charge in [-0.2, -0.15) is 4.98 Å². The Morgan fingerprint density at radius 2 is 1.93 bits per heavy atom. The topological polar surface area (TPSA) is 74.2 Å². The van der Waals surface area contributed by atoms with Gasteiger partial charge in [0.05, 0.1) is 10.2 Å². The normalized spacial score (nSPS) is 11.4. The minimum atomic E-state index is -4.81. The second kappa shape index (κ2) is 3.52. The summed E-state index contributed by atoms with van der Waals surface area (Å²) in [7, 11) is 0. The largest absolute Gasteiger partial charge is 0.574 e. The lowest BCUT2D eigenvalue weighted by Crippen LogP contribution is -2.18.